The molecule has 0 saturated heterocycles. The highest BCUT2D eigenvalue weighted by molar-refractivity contribution is 5.80. The molecule has 0 bridgehead atoms. The maximum Gasteiger partial charge on any atom is 0.306 e. The Morgan fingerprint density at radius 1 is 1.28 bits per heavy atom. The van der Waals surface area contributed by atoms with E-state index in [1.54, 1.807) is 0 Å². The number of aliphatic carboxylic acids is 1. The van der Waals surface area contributed by atoms with Crippen LogP contribution in [0.25, 0.3) is 0 Å². The monoisotopic (exact) mass is 253 g/mol. The Hall–Kier alpha value is -1.06. The van der Waals surface area contributed by atoms with Gasteiger partial charge in [-0.05, 0) is 43.4 Å². The Morgan fingerprint density at radius 3 is 2.33 bits per heavy atom. The normalized spacial score (nSPS) is 29.3. The quantitative estimate of drug-likeness (QED) is 0.788. The number of carboxylic acids is 1. The van der Waals surface area contributed by atoms with E-state index < -0.39 is 5.97 Å². The first-order chi connectivity index (χ1) is 8.44. The van der Waals surface area contributed by atoms with Crippen LogP contribution in [0.2, 0.25) is 0 Å². The first-order valence-corrected chi connectivity index (χ1v) is 6.95. The van der Waals surface area contributed by atoms with Crippen LogP contribution in [0, 0.1) is 23.2 Å². The minimum Gasteiger partial charge on any atom is -0.481 e. The van der Waals surface area contributed by atoms with Crippen LogP contribution in [0.15, 0.2) is 0 Å². The Labute approximate surface area is 108 Å². The number of amides is 1. The molecule has 2 unspecified atom stereocenters. The second-order valence-electron chi connectivity index (χ2n) is 6.28. The van der Waals surface area contributed by atoms with Crippen molar-refractivity contribution in [3.05, 3.63) is 0 Å². The van der Waals surface area contributed by atoms with E-state index in [4.69, 9.17) is 5.11 Å². The largest absolute Gasteiger partial charge is 0.481 e. The number of rotatable bonds is 5. The molecule has 4 heteroatoms. The summed E-state index contributed by atoms with van der Waals surface area (Å²) in [6, 6.07) is 0. The second kappa shape index (κ2) is 4.90. The van der Waals surface area contributed by atoms with Gasteiger partial charge in [0, 0.05) is 12.5 Å². The number of nitrogens with one attached hydrogen (secondary N) is 1. The van der Waals surface area contributed by atoms with Gasteiger partial charge in [0.05, 0.1) is 5.92 Å². The summed E-state index contributed by atoms with van der Waals surface area (Å²) in [6.45, 7) is 5.17. The first-order valence-electron chi connectivity index (χ1n) is 6.95. The van der Waals surface area contributed by atoms with Gasteiger partial charge in [-0.15, -0.1) is 0 Å². The van der Waals surface area contributed by atoms with Gasteiger partial charge in [-0.3, -0.25) is 9.59 Å². The summed E-state index contributed by atoms with van der Waals surface area (Å²) in [5.41, 5.74) is 0.320. The van der Waals surface area contributed by atoms with Crippen molar-refractivity contribution in [2.24, 2.45) is 23.2 Å². The van der Waals surface area contributed by atoms with Crippen molar-refractivity contribution in [2.45, 2.75) is 46.0 Å². The fraction of sp³-hybridized carbons (Fsp3) is 0.857. The van der Waals surface area contributed by atoms with Gasteiger partial charge in [-0.1, -0.05) is 13.8 Å². The van der Waals surface area contributed by atoms with Gasteiger partial charge in [0.2, 0.25) is 5.91 Å². The Kier molecular flexibility index (Phi) is 3.64. The average molecular weight is 253 g/mol. The summed E-state index contributed by atoms with van der Waals surface area (Å²) in [6.07, 6.45) is 4.27. The Morgan fingerprint density at radius 2 is 1.89 bits per heavy atom. The standard InChI is InChI=1S/C14H23NO3/c1-9(2)14(5-6-14)8-15-12(16)10-3-4-11(7-10)13(17)18/h9-11H,3-8H2,1-2H3,(H,15,16)(H,17,18). The maximum absolute atomic E-state index is 12.0. The smallest absolute Gasteiger partial charge is 0.306 e. The Bertz CT molecular complexity index is 347. The predicted molar refractivity (Wildman–Crippen MR) is 68.0 cm³/mol. The minimum absolute atomic E-state index is 0.0608. The molecule has 0 aliphatic heterocycles. The molecule has 0 aromatic heterocycles. The van der Waals surface area contributed by atoms with Gasteiger partial charge in [0.15, 0.2) is 0 Å². The summed E-state index contributed by atoms with van der Waals surface area (Å²) in [5, 5.41) is 12.0. The summed E-state index contributed by atoms with van der Waals surface area (Å²) in [7, 11) is 0. The van der Waals surface area contributed by atoms with Gasteiger partial charge < -0.3 is 10.4 Å². The lowest BCUT2D eigenvalue weighted by Crippen LogP contribution is -2.36. The molecule has 0 aromatic rings. The second-order valence-corrected chi connectivity index (χ2v) is 6.28. The van der Waals surface area contributed by atoms with Gasteiger partial charge in [0.25, 0.3) is 0 Å². The van der Waals surface area contributed by atoms with Crippen LogP contribution in [0.3, 0.4) is 0 Å². The number of hydrogen-bond acceptors (Lipinski definition) is 2. The highest BCUT2D eigenvalue weighted by Crippen LogP contribution is 2.51. The molecule has 0 heterocycles. The highest BCUT2D eigenvalue weighted by atomic mass is 16.4. The minimum atomic E-state index is -0.758. The van der Waals surface area contributed by atoms with Crippen molar-refractivity contribution in [1.82, 2.24) is 5.32 Å². The van der Waals surface area contributed by atoms with Gasteiger partial charge in [-0.25, -0.2) is 0 Å². The van der Waals surface area contributed by atoms with Gasteiger partial charge in [0.1, 0.15) is 0 Å². The SMILES string of the molecule is CC(C)C1(CNC(=O)C2CCC(C(=O)O)C2)CC1. The molecule has 0 aromatic carbocycles. The van der Waals surface area contributed by atoms with E-state index in [1.807, 2.05) is 0 Å². The fourth-order valence-corrected chi connectivity index (χ4v) is 2.97. The molecule has 1 amide bonds. The average Bonchev–Trinajstić information content (AvgIpc) is 2.94. The summed E-state index contributed by atoms with van der Waals surface area (Å²) < 4.78 is 0. The summed E-state index contributed by atoms with van der Waals surface area (Å²) in [5.74, 6) is -0.500. The zero-order valence-corrected chi connectivity index (χ0v) is 11.2. The molecule has 2 fully saturated rings. The van der Waals surface area contributed by atoms with E-state index in [0.29, 0.717) is 24.2 Å². The van der Waals surface area contributed by atoms with Crippen LogP contribution < -0.4 is 5.32 Å². The summed E-state index contributed by atoms with van der Waals surface area (Å²) >= 11 is 0. The van der Waals surface area contributed by atoms with Crippen molar-refractivity contribution >= 4 is 11.9 Å². The van der Waals surface area contributed by atoms with Crippen LogP contribution >= 0.6 is 0 Å². The molecule has 18 heavy (non-hydrogen) atoms. The van der Waals surface area contributed by atoms with Crippen LogP contribution in [0.4, 0.5) is 0 Å². The molecular formula is C14H23NO3. The Balaban J connectivity index is 1.78. The van der Waals surface area contributed by atoms with E-state index in [2.05, 4.69) is 19.2 Å². The number of carbonyl (C=O) groups excluding carboxylic acids is 1. The molecular weight excluding hydrogens is 230 g/mol. The third kappa shape index (κ3) is 2.68. The van der Waals surface area contributed by atoms with Crippen LogP contribution in [0.5, 0.6) is 0 Å². The van der Waals surface area contributed by atoms with Crippen LogP contribution in [-0.4, -0.2) is 23.5 Å². The highest BCUT2D eigenvalue weighted by Gasteiger charge is 2.45. The molecule has 102 valence electrons. The lowest BCUT2D eigenvalue weighted by Gasteiger charge is -2.21. The maximum atomic E-state index is 12.0. The molecule has 0 spiro atoms. The third-order valence-corrected chi connectivity index (χ3v) is 4.88. The van der Waals surface area contributed by atoms with E-state index in [0.717, 1.165) is 13.0 Å². The number of carboxylic acid groups (broad SMARTS) is 1. The topological polar surface area (TPSA) is 66.4 Å². The number of hydrogen-bond donors (Lipinski definition) is 2. The zero-order valence-electron chi connectivity index (χ0n) is 11.2. The fourth-order valence-electron chi connectivity index (χ4n) is 2.97. The van der Waals surface area contributed by atoms with Crippen LogP contribution in [-0.2, 0) is 9.59 Å². The summed E-state index contributed by atoms with van der Waals surface area (Å²) in [4.78, 5) is 22.9. The van der Waals surface area contributed by atoms with E-state index in [9.17, 15) is 9.59 Å². The third-order valence-electron chi connectivity index (χ3n) is 4.88. The molecule has 2 N–H and O–H groups in total. The molecule has 2 aliphatic carbocycles. The van der Waals surface area contributed by atoms with Crippen molar-refractivity contribution in [3.8, 4) is 0 Å². The van der Waals surface area contributed by atoms with Gasteiger partial charge >= 0.3 is 5.97 Å². The first kappa shape index (κ1) is 13.4. The van der Waals surface area contributed by atoms with Crippen molar-refractivity contribution in [3.63, 3.8) is 0 Å². The van der Waals surface area contributed by atoms with E-state index in [1.165, 1.54) is 12.8 Å². The lowest BCUT2D eigenvalue weighted by molar-refractivity contribution is -0.141. The van der Waals surface area contributed by atoms with Crippen molar-refractivity contribution < 1.29 is 14.7 Å². The van der Waals surface area contributed by atoms with Gasteiger partial charge in [-0.2, -0.15) is 0 Å². The molecule has 2 rings (SSSR count). The van der Waals surface area contributed by atoms with Crippen molar-refractivity contribution in [2.75, 3.05) is 6.54 Å². The molecule has 4 nitrogen and oxygen atoms in total. The molecule has 2 saturated carbocycles. The molecule has 2 atom stereocenters. The zero-order chi connectivity index (χ0) is 13.3. The lowest BCUT2D eigenvalue weighted by atomic mass is 9.92. The number of carbonyl (C=O) groups is 2. The molecule has 2 aliphatic rings. The predicted octanol–water partition coefficient (Wildman–Crippen LogP) is 2.04. The van der Waals surface area contributed by atoms with Crippen molar-refractivity contribution in [1.29, 1.82) is 0 Å². The van der Waals surface area contributed by atoms with Crippen LogP contribution in [0.1, 0.15) is 46.0 Å². The molecule has 0 radical (unpaired) electrons. The van der Waals surface area contributed by atoms with E-state index >= 15 is 0 Å². The van der Waals surface area contributed by atoms with E-state index in [-0.39, 0.29) is 17.7 Å².